The first kappa shape index (κ1) is 10.5. The molecule has 0 unspecified atom stereocenters. The molecule has 0 saturated carbocycles. The Kier molecular flexibility index (Phi) is 4.16. The minimum atomic E-state index is 0.378. The molecule has 2 heteroatoms. The SMILES string of the molecule is CC.CN1C=NCC(C)(C)C1. The van der Waals surface area contributed by atoms with Gasteiger partial charge in [0.1, 0.15) is 0 Å². The second kappa shape index (κ2) is 4.37. The fourth-order valence-electron chi connectivity index (χ4n) is 1.19. The summed E-state index contributed by atoms with van der Waals surface area (Å²) in [7, 11) is 2.06. The average Bonchev–Trinajstić information content (AvgIpc) is 1.89. The molecule has 1 heterocycles. The Hall–Kier alpha value is -0.530. The van der Waals surface area contributed by atoms with Gasteiger partial charge in [0.2, 0.25) is 0 Å². The molecular formula is C9H20N2. The summed E-state index contributed by atoms with van der Waals surface area (Å²) >= 11 is 0. The van der Waals surface area contributed by atoms with Gasteiger partial charge in [-0.1, -0.05) is 27.7 Å². The number of rotatable bonds is 0. The quantitative estimate of drug-likeness (QED) is 0.524. The van der Waals surface area contributed by atoms with Gasteiger partial charge >= 0.3 is 0 Å². The van der Waals surface area contributed by atoms with Crippen LogP contribution >= 0.6 is 0 Å². The summed E-state index contributed by atoms with van der Waals surface area (Å²) in [6, 6.07) is 0. The topological polar surface area (TPSA) is 15.6 Å². The Labute approximate surface area is 70.3 Å². The van der Waals surface area contributed by atoms with Crippen LogP contribution in [0.2, 0.25) is 0 Å². The van der Waals surface area contributed by atoms with Crippen LogP contribution in [0.25, 0.3) is 0 Å². The van der Waals surface area contributed by atoms with Crippen molar-refractivity contribution < 1.29 is 0 Å². The maximum atomic E-state index is 4.21. The van der Waals surface area contributed by atoms with Gasteiger partial charge in [-0.2, -0.15) is 0 Å². The maximum absolute atomic E-state index is 4.21. The van der Waals surface area contributed by atoms with Gasteiger partial charge in [0.05, 0.1) is 6.34 Å². The van der Waals surface area contributed by atoms with Gasteiger partial charge in [-0.25, -0.2) is 0 Å². The smallest absolute Gasteiger partial charge is 0.0847 e. The molecule has 0 saturated heterocycles. The minimum Gasteiger partial charge on any atom is -0.365 e. The highest BCUT2D eigenvalue weighted by Gasteiger charge is 2.21. The maximum Gasteiger partial charge on any atom is 0.0847 e. The average molecular weight is 156 g/mol. The molecule has 2 nitrogen and oxygen atoms in total. The molecule has 0 aliphatic carbocycles. The van der Waals surface area contributed by atoms with Crippen LogP contribution in [0.4, 0.5) is 0 Å². The summed E-state index contributed by atoms with van der Waals surface area (Å²) in [6.45, 7) is 10.6. The zero-order valence-electron chi connectivity index (χ0n) is 8.39. The summed E-state index contributed by atoms with van der Waals surface area (Å²) in [5.41, 5.74) is 0.378. The van der Waals surface area contributed by atoms with Crippen LogP contribution in [-0.2, 0) is 0 Å². The largest absolute Gasteiger partial charge is 0.365 e. The predicted octanol–water partition coefficient (Wildman–Crippen LogP) is 2.01. The molecule has 0 aromatic rings. The van der Waals surface area contributed by atoms with Crippen molar-refractivity contribution in [1.29, 1.82) is 0 Å². The van der Waals surface area contributed by atoms with E-state index in [0.29, 0.717) is 5.41 Å². The third-order valence-electron chi connectivity index (χ3n) is 1.48. The first-order chi connectivity index (χ1) is 5.10. The van der Waals surface area contributed by atoms with Crippen LogP contribution in [0.1, 0.15) is 27.7 Å². The predicted molar refractivity (Wildman–Crippen MR) is 51.1 cm³/mol. The molecule has 0 N–H and O–H groups in total. The van der Waals surface area contributed by atoms with Crippen molar-refractivity contribution in [3.63, 3.8) is 0 Å². The van der Waals surface area contributed by atoms with E-state index in [-0.39, 0.29) is 0 Å². The lowest BCUT2D eigenvalue weighted by molar-refractivity contribution is 0.273. The van der Waals surface area contributed by atoms with Crippen LogP contribution in [0.15, 0.2) is 4.99 Å². The van der Waals surface area contributed by atoms with Crippen LogP contribution in [0.5, 0.6) is 0 Å². The van der Waals surface area contributed by atoms with Gasteiger partial charge in [0.25, 0.3) is 0 Å². The molecule has 1 rings (SSSR count). The van der Waals surface area contributed by atoms with E-state index < -0.39 is 0 Å². The highest BCUT2D eigenvalue weighted by atomic mass is 15.2. The Morgan fingerprint density at radius 2 is 1.91 bits per heavy atom. The van der Waals surface area contributed by atoms with E-state index >= 15 is 0 Å². The molecule has 0 fully saturated rings. The summed E-state index contributed by atoms with van der Waals surface area (Å²) in [4.78, 5) is 6.34. The van der Waals surface area contributed by atoms with Gasteiger partial charge in [-0.15, -0.1) is 0 Å². The van der Waals surface area contributed by atoms with Crippen LogP contribution in [-0.4, -0.2) is 31.4 Å². The fourth-order valence-corrected chi connectivity index (χ4v) is 1.19. The molecule has 11 heavy (non-hydrogen) atoms. The monoisotopic (exact) mass is 156 g/mol. The molecule has 66 valence electrons. The van der Waals surface area contributed by atoms with Gasteiger partial charge in [0.15, 0.2) is 0 Å². The van der Waals surface area contributed by atoms with E-state index in [0.717, 1.165) is 13.1 Å². The zero-order valence-corrected chi connectivity index (χ0v) is 8.39. The van der Waals surface area contributed by atoms with E-state index in [1.807, 2.05) is 20.2 Å². The van der Waals surface area contributed by atoms with Crippen molar-refractivity contribution >= 4 is 6.34 Å². The lowest BCUT2D eigenvalue weighted by atomic mass is 9.92. The molecule has 1 aliphatic heterocycles. The van der Waals surface area contributed by atoms with Crippen molar-refractivity contribution in [3.05, 3.63) is 0 Å². The Morgan fingerprint density at radius 3 is 2.18 bits per heavy atom. The van der Waals surface area contributed by atoms with E-state index in [2.05, 4.69) is 30.8 Å². The van der Waals surface area contributed by atoms with E-state index in [9.17, 15) is 0 Å². The van der Waals surface area contributed by atoms with E-state index in [1.54, 1.807) is 0 Å². The Balaban J connectivity index is 0.000000461. The van der Waals surface area contributed by atoms with Crippen molar-refractivity contribution in [2.45, 2.75) is 27.7 Å². The molecule has 0 atom stereocenters. The van der Waals surface area contributed by atoms with Crippen LogP contribution in [0.3, 0.4) is 0 Å². The lowest BCUT2D eigenvalue weighted by Crippen LogP contribution is -2.36. The second-order valence-corrected chi connectivity index (χ2v) is 3.54. The van der Waals surface area contributed by atoms with Gasteiger partial charge in [0, 0.05) is 25.6 Å². The van der Waals surface area contributed by atoms with Crippen molar-refractivity contribution in [1.82, 2.24) is 4.90 Å². The summed E-state index contributed by atoms with van der Waals surface area (Å²) in [6.07, 6.45) is 1.91. The number of aliphatic imine (C=N–C) groups is 1. The molecule has 0 bridgehead atoms. The Bertz CT molecular complexity index is 128. The second-order valence-electron chi connectivity index (χ2n) is 3.54. The normalized spacial score (nSPS) is 20.6. The third kappa shape index (κ3) is 4.02. The summed E-state index contributed by atoms with van der Waals surface area (Å²) in [5.74, 6) is 0. The zero-order chi connectivity index (χ0) is 8.91. The number of nitrogens with zero attached hydrogens (tertiary/aromatic N) is 2. The molecule has 1 aliphatic rings. The van der Waals surface area contributed by atoms with Crippen LogP contribution in [0, 0.1) is 5.41 Å². The first-order valence-corrected chi connectivity index (χ1v) is 4.30. The summed E-state index contributed by atoms with van der Waals surface area (Å²) < 4.78 is 0. The van der Waals surface area contributed by atoms with E-state index in [1.165, 1.54) is 0 Å². The van der Waals surface area contributed by atoms with Crippen molar-refractivity contribution in [2.24, 2.45) is 10.4 Å². The van der Waals surface area contributed by atoms with Gasteiger partial charge in [-0.05, 0) is 0 Å². The fraction of sp³-hybridized carbons (Fsp3) is 0.889. The molecule has 0 aromatic carbocycles. The van der Waals surface area contributed by atoms with E-state index in [4.69, 9.17) is 0 Å². The highest BCUT2D eigenvalue weighted by molar-refractivity contribution is 5.55. The van der Waals surface area contributed by atoms with Crippen molar-refractivity contribution in [3.8, 4) is 0 Å². The summed E-state index contributed by atoms with van der Waals surface area (Å²) in [5, 5.41) is 0. The number of hydrogen-bond acceptors (Lipinski definition) is 2. The van der Waals surface area contributed by atoms with Gasteiger partial charge in [-0.3, -0.25) is 4.99 Å². The molecule has 0 amide bonds. The van der Waals surface area contributed by atoms with Gasteiger partial charge < -0.3 is 4.90 Å². The Morgan fingerprint density at radius 1 is 1.36 bits per heavy atom. The van der Waals surface area contributed by atoms with Crippen LogP contribution < -0.4 is 0 Å². The lowest BCUT2D eigenvalue weighted by Gasteiger charge is -2.31. The first-order valence-electron chi connectivity index (χ1n) is 4.30. The molecule has 0 aromatic heterocycles. The minimum absolute atomic E-state index is 0.378. The highest BCUT2D eigenvalue weighted by Crippen LogP contribution is 2.18. The molecule has 0 spiro atoms. The van der Waals surface area contributed by atoms with Crippen molar-refractivity contribution in [2.75, 3.05) is 20.1 Å². The molecular weight excluding hydrogens is 136 g/mol. The third-order valence-corrected chi connectivity index (χ3v) is 1.48. The number of hydrogen-bond donors (Lipinski definition) is 0. The molecule has 0 radical (unpaired) electrons. The standard InChI is InChI=1S/C7H14N2.C2H6/c1-7(2)4-8-6-9(3)5-7;1-2/h6H,4-5H2,1-3H3;1-2H3.